The summed E-state index contributed by atoms with van der Waals surface area (Å²) in [4.78, 5) is 36.3. The molecule has 17 rings (SSSR count). The van der Waals surface area contributed by atoms with Crippen molar-refractivity contribution in [1.82, 2.24) is 19.9 Å². The van der Waals surface area contributed by atoms with Gasteiger partial charge in [0.05, 0.1) is 28.3 Å². The zero-order valence-electron chi connectivity index (χ0n) is 47.4. The molecule has 5 aromatic carbocycles. The van der Waals surface area contributed by atoms with Crippen molar-refractivity contribution in [3.05, 3.63) is 204 Å². The van der Waals surface area contributed by atoms with Gasteiger partial charge in [-0.15, -0.1) is 0 Å². The predicted octanol–water partition coefficient (Wildman–Crippen LogP) is 14.5. The van der Waals surface area contributed by atoms with Gasteiger partial charge in [-0.25, -0.2) is 19.9 Å². The van der Waals surface area contributed by atoms with Crippen LogP contribution in [0.2, 0.25) is 0 Å². The van der Waals surface area contributed by atoms with Crippen LogP contribution in [0.3, 0.4) is 0 Å². The quantitative estimate of drug-likeness (QED) is 0.157. The van der Waals surface area contributed by atoms with Gasteiger partial charge in [0.1, 0.15) is 24.7 Å². The summed E-state index contributed by atoms with van der Waals surface area (Å²) >= 11 is 0. The molecule has 0 spiro atoms. The molecule has 414 valence electrons. The fraction of sp³-hybridized carbons (Fsp3) is 0.284. The van der Waals surface area contributed by atoms with E-state index >= 15 is 0 Å². The molecular formula is C67H65F3N12. The molecule has 12 nitrogen and oxygen atoms in total. The molecule has 8 aliphatic rings. The average Bonchev–Trinajstić information content (AvgIpc) is 3.41. The highest BCUT2D eigenvalue weighted by atomic mass is 19.4. The molecule has 4 atom stereocenters. The topological polar surface area (TPSA) is 77.5 Å². The number of hydrogen-bond donors (Lipinski definition) is 0. The number of anilines is 12. The number of rotatable bonds is 1. The van der Waals surface area contributed by atoms with Gasteiger partial charge in [0, 0.05) is 111 Å². The lowest BCUT2D eigenvalue weighted by Gasteiger charge is -2.31. The number of benzene rings is 5. The smallest absolute Gasteiger partial charge is 0.351 e. The van der Waals surface area contributed by atoms with Gasteiger partial charge >= 0.3 is 6.18 Å². The van der Waals surface area contributed by atoms with Gasteiger partial charge in [-0.3, -0.25) is 0 Å². The van der Waals surface area contributed by atoms with Crippen molar-refractivity contribution in [2.24, 2.45) is 0 Å². The molecule has 0 aliphatic carbocycles. The number of nitrogens with zero attached hydrogens (tertiary/aromatic N) is 12. The summed E-state index contributed by atoms with van der Waals surface area (Å²) in [6.07, 6.45) is 7.41. The molecule has 0 saturated carbocycles. The highest BCUT2D eigenvalue weighted by Crippen LogP contribution is 2.54. The molecule has 0 fully saturated rings. The Hall–Kier alpha value is -8.85. The predicted molar refractivity (Wildman–Crippen MR) is 325 cm³/mol. The maximum Gasteiger partial charge on any atom is 0.417 e. The van der Waals surface area contributed by atoms with Gasteiger partial charge in [0.25, 0.3) is 0 Å². The van der Waals surface area contributed by atoms with Gasteiger partial charge in [0.15, 0.2) is 23.3 Å². The zero-order chi connectivity index (χ0) is 56.5. The molecule has 4 aromatic heterocycles. The van der Waals surface area contributed by atoms with E-state index in [2.05, 4.69) is 196 Å². The van der Waals surface area contributed by atoms with Crippen molar-refractivity contribution in [3.8, 4) is 0 Å². The molecule has 0 saturated heterocycles. The number of para-hydroxylation sites is 3. The summed E-state index contributed by atoms with van der Waals surface area (Å²) in [7, 11) is 6.13. The molecule has 0 radical (unpaired) electrons. The van der Waals surface area contributed by atoms with Crippen LogP contribution in [-0.4, -0.2) is 71.8 Å². The van der Waals surface area contributed by atoms with E-state index in [-0.39, 0.29) is 11.6 Å². The lowest BCUT2D eigenvalue weighted by atomic mass is 9.86. The Balaban J connectivity index is 0.0000000983. The SMILES string of the molecule is CC(C)N1c2c(ncc3ccccc23)N2c3ccccc3CC21.CN1c2cc(C(F)(F)F)cnc2N2c3ccccc3CC12.CN1c2cccnc2N2c3ccc(C(C)(C)C)cc3CC12.CN1c2cccnc2N2c3ccccc3CC12. The second-order valence-electron chi connectivity index (χ2n) is 23.8. The van der Waals surface area contributed by atoms with Gasteiger partial charge in [-0.2, -0.15) is 13.2 Å². The number of aromatic nitrogens is 4. The van der Waals surface area contributed by atoms with Crippen molar-refractivity contribution in [3.63, 3.8) is 0 Å². The van der Waals surface area contributed by atoms with E-state index in [1.54, 1.807) is 0 Å². The van der Waals surface area contributed by atoms with Crippen molar-refractivity contribution < 1.29 is 13.2 Å². The van der Waals surface area contributed by atoms with E-state index in [4.69, 9.17) is 4.98 Å². The maximum absolute atomic E-state index is 12.8. The Morgan fingerprint density at radius 3 is 1.40 bits per heavy atom. The molecule has 8 aliphatic heterocycles. The number of likely N-dealkylation sites (N-methyl/N-ethyl adjacent to an activating group) is 3. The van der Waals surface area contributed by atoms with Crippen LogP contribution < -0.4 is 39.2 Å². The Bertz CT molecular complexity index is 3970. The van der Waals surface area contributed by atoms with Crippen LogP contribution in [0.25, 0.3) is 10.8 Å². The van der Waals surface area contributed by atoms with E-state index in [1.165, 1.54) is 78.8 Å². The Labute approximate surface area is 477 Å². The second-order valence-corrected chi connectivity index (χ2v) is 23.8. The van der Waals surface area contributed by atoms with Gasteiger partial charge in [-0.05, 0) is 102 Å². The van der Waals surface area contributed by atoms with Crippen LogP contribution in [0, 0.1) is 0 Å². The van der Waals surface area contributed by atoms with Crippen LogP contribution in [0.1, 0.15) is 68.0 Å². The third kappa shape index (κ3) is 8.08. The summed E-state index contributed by atoms with van der Waals surface area (Å²) in [6, 6.07) is 50.7. The van der Waals surface area contributed by atoms with Crippen LogP contribution in [0.5, 0.6) is 0 Å². The van der Waals surface area contributed by atoms with E-state index in [0.717, 1.165) is 55.0 Å². The van der Waals surface area contributed by atoms with E-state index in [1.807, 2.05) is 71.8 Å². The van der Waals surface area contributed by atoms with Gasteiger partial charge in [-0.1, -0.05) is 112 Å². The van der Waals surface area contributed by atoms with Crippen molar-refractivity contribution in [1.29, 1.82) is 0 Å². The van der Waals surface area contributed by atoms with Crippen molar-refractivity contribution in [2.45, 2.75) is 103 Å². The minimum absolute atomic E-state index is 0.00776. The van der Waals surface area contributed by atoms with E-state index < -0.39 is 11.7 Å². The van der Waals surface area contributed by atoms with Crippen LogP contribution >= 0.6 is 0 Å². The standard InChI is InChI=1S/C20H19N3.C18H21N3.C15H12F3N3.C14H13N3/c1-13(2)22-18-11-14-7-4-6-10-17(14)23(18)20-19(22)16-9-5-3-8-15(16)12-21-20;1-18(2,3)13-7-8-14-12(10-13)11-16-20(4)15-6-5-9-19-17(15)21(14)16;1-20-12-7-10(15(16,17)18)8-19-14(12)21-11-5-3-2-4-9(11)6-13(20)21;1-16-12-7-4-8-15-14(12)17-11-6-3-2-5-10(11)9-13(16)17/h3-10,12-13,18H,11H2,1-2H3;5-10,16H,11H2,1-4H3;2-5,7-8,13H,6H2,1H3;2-8,13H,9H2,1H3. The first-order valence-corrected chi connectivity index (χ1v) is 28.4. The lowest BCUT2D eigenvalue weighted by molar-refractivity contribution is -0.137. The van der Waals surface area contributed by atoms with Gasteiger partial charge < -0.3 is 39.2 Å². The summed E-state index contributed by atoms with van der Waals surface area (Å²) in [5.74, 6) is 3.88. The fourth-order valence-electron chi connectivity index (χ4n) is 13.7. The van der Waals surface area contributed by atoms with E-state index in [9.17, 15) is 13.2 Å². The summed E-state index contributed by atoms with van der Waals surface area (Å²) in [5, 5.41) is 2.52. The molecule has 0 N–H and O–H groups in total. The molecule has 12 heterocycles. The molecule has 82 heavy (non-hydrogen) atoms. The average molecular weight is 1100 g/mol. The normalized spacial score (nSPS) is 19.4. The number of fused-ring (bicyclic) bond motifs is 22. The monoisotopic (exact) mass is 1090 g/mol. The first-order valence-electron chi connectivity index (χ1n) is 28.4. The maximum atomic E-state index is 12.8. The molecule has 9 aromatic rings. The van der Waals surface area contributed by atoms with Crippen LogP contribution in [0.4, 0.5) is 81.9 Å². The van der Waals surface area contributed by atoms with Crippen molar-refractivity contribution >= 4 is 79.5 Å². The fourth-order valence-corrected chi connectivity index (χ4v) is 13.7. The first-order chi connectivity index (χ1) is 39.5. The minimum Gasteiger partial charge on any atom is -0.351 e. The van der Waals surface area contributed by atoms with Gasteiger partial charge in [0.2, 0.25) is 0 Å². The number of hydrogen-bond acceptors (Lipinski definition) is 12. The second kappa shape index (κ2) is 19.1. The summed E-state index contributed by atoms with van der Waals surface area (Å²) in [6.45, 7) is 11.4. The van der Waals surface area contributed by atoms with Crippen LogP contribution in [0.15, 0.2) is 170 Å². The first kappa shape index (κ1) is 51.3. The molecule has 15 heteroatoms. The van der Waals surface area contributed by atoms with Crippen molar-refractivity contribution in [2.75, 3.05) is 60.3 Å². The van der Waals surface area contributed by atoms with E-state index in [0.29, 0.717) is 36.0 Å². The molecule has 0 amide bonds. The highest BCUT2D eigenvalue weighted by Gasteiger charge is 2.47. The Morgan fingerprint density at radius 1 is 0.427 bits per heavy atom. The third-order valence-electron chi connectivity index (χ3n) is 17.8. The number of halogens is 3. The molecule has 0 bridgehead atoms. The summed E-state index contributed by atoms with van der Waals surface area (Å²) < 4.78 is 38.5. The Morgan fingerprint density at radius 2 is 0.866 bits per heavy atom. The number of pyridine rings is 4. The highest BCUT2D eigenvalue weighted by molar-refractivity contribution is 6.03. The summed E-state index contributed by atoms with van der Waals surface area (Å²) in [5.41, 5.74) is 15.6. The largest absolute Gasteiger partial charge is 0.417 e. The Kier molecular flexibility index (Phi) is 12.0. The third-order valence-corrected chi connectivity index (χ3v) is 17.8. The molecular weight excluding hydrogens is 1030 g/mol. The molecule has 4 unspecified atom stereocenters. The zero-order valence-corrected chi connectivity index (χ0v) is 47.4. The van der Waals surface area contributed by atoms with Crippen LogP contribution in [-0.2, 0) is 37.3 Å². The lowest BCUT2D eigenvalue weighted by Crippen LogP contribution is -2.43. The minimum atomic E-state index is -4.37. The number of alkyl halides is 3.